The van der Waals surface area contributed by atoms with Gasteiger partial charge in [-0.1, -0.05) is 18.2 Å². The lowest BCUT2D eigenvalue weighted by atomic mass is 10.1. The highest BCUT2D eigenvalue weighted by atomic mass is 16.5. The molecule has 2 N–H and O–H groups in total. The molecule has 0 spiro atoms. The van der Waals surface area contributed by atoms with Gasteiger partial charge in [0.25, 0.3) is 0 Å². The van der Waals surface area contributed by atoms with Gasteiger partial charge in [-0.05, 0) is 49.2 Å². The number of carbonyl (C=O) groups is 2. The Balaban J connectivity index is 1.49. The fourth-order valence-electron chi connectivity index (χ4n) is 3.33. The van der Waals surface area contributed by atoms with Crippen LogP contribution in [0.1, 0.15) is 25.8 Å². The quantitative estimate of drug-likeness (QED) is 0.582. The van der Waals surface area contributed by atoms with Crippen molar-refractivity contribution in [2.24, 2.45) is 0 Å². The molecule has 2 amide bonds. The van der Waals surface area contributed by atoms with Crippen molar-refractivity contribution in [1.82, 2.24) is 10.3 Å². The van der Waals surface area contributed by atoms with E-state index in [2.05, 4.69) is 16.4 Å². The third-order valence-corrected chi connectivity index (χ3v) is 4.79. The molecule has 0 aliphatic heterocycles. The molecule has 1 heterocycles. The summed E-state index contributed by atoms with van der Waals surface area (Å²) in [6, 6.07) is 15.4. The molecule has 0 saturated heterocycles. The second-order valence-corrected chi connectivity index (χ2v) is 6.81. The van der Waals surface area contributed by atoms with Crippen LogP contribution in [0, 0.1) is 0 Å². The summed E-state index contributed by atoms with van der Waals surface area (Å²) in [6.07, 6.45) is 2.99. The van der Waals surface area contributed by atoms with Gasteiger partial charge in [-0.3, -0.25) is 9.59 Å². The van der Waals surface area contributed by atoms with Crippen LogP contribution in [0.15, 0.2) is 54.7 Å². The number of nitrogens with zero attached hydrogens (tertiary/aromatic N) is 1. The van der Waals surface area contributed by atoms with Crippen molar-refractivity contribution in [3.05, 3.63) is 60.3 Å². The first-order valence-corrected chi connectivity index (χ1v) is 9.91. The number of benzene rings is 2. The summed E-state index contributed by atoms with van der Waals surface area (Å²) in [5.74, 6) is 0.595. The van der Waals surface area contributed by atoms with Crippen LogP contribution in [-0.2, 0) is 16.0 Å². The summed E-state index contributed by atoms with van der Waals surface area (Å²) in [5.41, 5.74) is 3.04. The van der Waals surface area contributed by atoms with E-state index < -0.39 is 0 Å². The van der Waals surface area contributed by atoms with Gasteiger partial charge in [-0.15, -0.1) is 0 Å². The summed E-state index contributed by atoms with van der Waals surface area (Å²) in [7, 11) is 0. The molecule has 0 fully saturated rings. The zero-order chi connectivity index (χ0) is 20.6. The predicted molar refractivity (Wildman–Crippen MR) is 115 cm³/mol. The van der Waals surface area contributed by atoms with E-state index in [0.29, 0.717) is 19.7 Å². The van der Waals surface area contributed by atoms with Crippen LogP contribution < -0.4 is 15.0 Å². The standard InChI is InChI=1S/C23H27N3O3/c1-3-29-20-10-8-19(9-11-20)26(17(2)27)15-13-23(28)24-14-12-18-16-25-22-7-5-4-6-21(18)22/h4-11,16,25H,3,12-15H2,1-2H3,(H,24,28). The van der Waals surface area contributed by atoms with Crippen LogP contribution in [-0.4, -0.2) is 36.5 Å². The zero-order valence-electron chi connectivity index (χ0n) is 16.9. The van der Waals surface area contributed by atoms with E-state index in [4.69, 9.17) is 4.74 Å². The average Bonchev–Trinajstić information content (AvgIpc) is 3.12. The number of anilines is 1. The maximum absolute atomic E-state index is 12.3. The van der Waals surface area contributed by atoms with Crippen LogP contribution in [0.4, 0.5) is 5.69 Å². The topological polar surface area (TPSA) is 74.4 Å². The number of hydrogen-bond donors (Lipinski definition) is 2. The Morgan fingerprint density at radius 3 is 2.59 bits per heavy atom. The molecule has 0 saturated carbocycles. The summed E-state index contributed by atoms with van der Waals surface area (Å²) in [5, 5.41) is 4.13. The Kier molecular flexibility index (Phi) is 6.89. The number of ether oxygens (including phenoxy) is 1. The number of rotatable bonds is 9. The number of hydrogen-bond acceptors (Lipinski definition) is 3. The van der Waals surface area contributed by atoms with Crippen molar-refractivity contribution in [1.29, 1.82) is 0 Å². The lowest BCUT2D eigenvalue weighted by Crippen LogP contribution is -2.34. The van der Waals surface area contributed by atoms with E-state index in [1.165, 1.54) is 17.9 Å². The van der Waals surface area contributed by atoms with Crippen molar-refractivity contribution in [3.63, 3.8) is 0 Å². The second kappa shape index (κ2) is 9.78. The first-order valence-electron chi connectivity index (χ1n) is 9.91. The maximum Gasteiger partial charge on any atom is 0.223 e. The Morgan fingerprint density at radius 1 is 1.10 bits per heavy atom. The van der Waals surface area contributed by atoms with Crippen molar-refractivity contribution in [2.75, 3.05) is 24.6 Å². The molecule has 1 aromatic heterocycles. The minimum absolute atomic E-state index is 0.0676. The van der Waals surface area contributed by atoms with E-state index in [9.17, 15) is 9.59 Å². The third-order valence-electron chi connectivity index (χ3n) is 4.79. The van der Waals surface area contributed by atoms with Crippen LogP contribution in [0.2, 0.25) is 0 Å². The molecular formula is C23H27N3O3. The van der Waals surface area contributed by atoms with Gasteiger partial charge in [0.2, 0.25) is 11.8 Å². The summed E-state index contributed by atoms with van der Waals surface area (Å²) < 4.78 is 5.43. The van der Waals surface area contributed by atoms with Gasteiger partial charge in [-0.25, -0.2) is 0 Å². The molecule has 0 bridgehead atoms. The zero-order valence-corrected chi connectivity index (χ0v) is 16.9. The van der Waals surface area contributed by atoms with E-state index in [0.717, 1.165) is 23.4 Å². The van der Waals surface area contributed by atoms with Crippen molar-refractivity contribution >= 4 is 28.4 Å². The predicted octanol–water partition coefficient (Wildman–Crippen LogP) is 3.67. The van der Waals surface area contributed by atoms with Crippen molar-refractivity contribution < 1.29 is 14.3 Å². The number of carbonyl (C=O) groups excluding carboxylic acids is 2. The molecule has 3 rings (SSSR count). The molecule has 152 valence electrons. The fourth-order valence-corrected chi connectivity index (χ4v) is 3.33. The SMILES string of the molecule is CCOc1ccc(N(CCC(=O)NCCc2c[nH]c3ccccc23)C(C)=O)cc1. The van der Waals surface area contributed by atoms with Gasteiger partial charge in [0.15, 0.2) is 0 Å². The number of aromatic amines is 1. The first-order chi connectivity index (χ1) is 14.1. The third kappa shape index (κ3) is 5.38. The number of para-hydroxylation sites is 1. The average molecular weight is 393 g/mol. The normalized spacial score (nSPS) is 10.7. The number of H-pyrrole nitrogens is 1. The maximum atomic E-state index is 12.3. The molecule has 0 aliphatic rings. The summed E-state index contributed by atoms with van der Waals surface area (Å²) in [6.45, 7) is 4.92. The van der Waals surface area contributed by atoms with Crippen LogP contribution >= 0.6 is 0 Å². The van der Waals surface area contributed by atoms with Gasteiger partial charge in [0.1, 0.15) is 5.75 Å². The van der Waals surface area contributed by atoms with Crippen molar-refractivity contribution in [3.8, 4) is 5.75 Å². The monoisotopic (exact) mass is 393 g/mol. The minimum Gasteiger partial charge on any atom is -0.494 e. The number of nitrogens with one attached hydrogen (secondary N) is 2. The second-order valence-electron chi connectivity index (χ2n) is 6.81. The highest BCUT2D eigenvalue weighted by Crippen LogP contribution is 2.20. The summed E-state index contributed by atoms with van der Waals surface area (Å²) >= 11 is 0. The molecule has 0 unspecified atom stereocenters. The largest absolute Gasteiger partial charge is 0.494 e. The Hall–Kier alpha value is -3.28. The van der Waals surface area contributed by atoms with E-state index in [1.54, 1.807) is 4.90 Å². The lowest BCUT2D eigenvalue weighted by Gasteiger charge is -2.21. The molecular weight excluding hydrogens is 366 g/mol. The molecule has 2 aromatic carbocycles. The Labute approximate surface area is 170 Å². The molecule has 0 atom stereocenters. The molecule has 6 heteroatoms. The van der Waals surface area contributed by atoms with Gasteiger partial charge in [0, 0.05) is 49.2 Å². The van der Waals surface area contributed by atoms with Gasteiger partial charge in [-0.2, -0.15) is 0 Å². The molecule has 29 heavy (non-hydrogen) atoms. The summed E-state index contributed by atoms with van der Waals surface area (Å²) in [4.78, 5) is 29.1. The number of aromatic nitrogens is 1. The number of amides is 2. The van der Waals surface area contributed by atoms with Gasteiger partial charge >= 0.3 is 0 Å². The molecule has 6 nitrogen and oxygen atoms in total. The molecule has 0 radical (unpaired) electrons. The van der Waals surface area contributed by atoms with E-state index >= 15 is 0 Å². The lowest BCUT2D eigenvalue weighted by molar-refractivity contribution is -0.121. The van der Waals surface area contributed by atoms with Crippen LogP contribution in [0.3, 0.4) is 0 Å². The van der Waals surface area contributed by atoms with E-state index in [1.807, 2.05) is 55.6 Å². The fraction of sp³-hybridized carbons (Fsp3) is 0.304. The Bertz CT molecular complexity index is 963. The van der Waals surface area contributed by atoms with E-state index in [-0.39, 0.29) is 18.2 Å². The molecule has 3 aromatic rings. The highest BCUT2D eigenvalue weighted by molar-refractivity contribution is 5.92. The van der Waals surface area contributed by atoms with Crippen LogP contribution in [0.25, 0.3) is 10.9 Å². The van der Waals surface area contributed by atoms with Gasteiger partial charge < -0.3 is 19.9 Å². The van der Waals surface area contributed by atoms with Crippen molar-refractivity contribution in [2.45, 2.75) is 26.7 Å². The number of fused-ring (bicyclic) bond motifs is 1. The first kappa shape index (κ1) is 20.5. The smallest absolute Gasteiger partial charge is 0.223 e. The molecule has 0 aliphatic carbocycles. The van der Waals surface area contributed by atoms with Gasteiger partial charge in [0.05, 0.1) is 6.61 Å². The minimum atomic E-state index is -0.0965. The Morgan fingerprint density at radius 2 is 1.86 bits per heavy atom. The highest BCUT2D eigenvalue weighted by Gasteiger charge is 2.14. The van der Waals surface area contributed by atoms with Crippen LogP contribution in [0.5, 0.6) is 5.75 Å².